The molecule has 1 aromatic carbocycles. The lowest BCUT2D eigenvalue weighted by Gasteiger charge is -2.55. The van der Waals surface area contributed by atoms with Crippen LogP contribution in [0.25, 0.3) is 16.6 Å². The Labute approximate surface area is 233 Å². The van der Waals surface area contributed by atoms with Crippen LogP contribution in [-0.4, -0.2) is 50.2 Å². The summed E-state index contributed by atoms with van der Waals surface area (Å²) >= 11 is 0. The van der Waals surface area contributed by atoms with Crippen molar-refractivity contribution in [3.8, 4) is 0 Å². The highest BCUT2D eigenvalue weighted by atomic mass is 16.6. The highest BCUT2D eigenvalue weighted by molar-refractivity contribution is 6.08. The zero-order chi connectivity index (χ0) is 27.8. The summed E-state index contributed by atoms with van der Waals surface area (Å²) in [4.78, 5) is 44.1. The topological polar surface area (TPSA) is 109 Å². The number of hydrogen-bond donors (Lipinski definition) is 2. The van der Waals surface area contributed by atoms with Gasteiger partial charge in [0.05, 0.1) is 27.7 Å². The van der Waals surface area contributed by atoms with Crippen molar-refractivity contribution >= 4 is 34.2 Å². The lowest BCUT2D eigenvalue weighted by Crippen LogP contribution is -2.51. The highest BCUT2D eigenvalue weighted by Crippen LogP contribution is 2.60. The number of hydrogen-bond acceptors (Lipinski definition) is 5. The number of anilines is 1. The third kappa shape index (κ3) is 4.38. The van der Waals surface area contributed by atoms with E-state index in [9.17, 15) is 14.4 Å². The van der Waals surface area contributed by atoms with Gasteiger partial charge in [0.25, 0.3) is 5.56 Å². The Hall–Kier alpha value is -3.36. The monoisotopic (exact) mass is 545 g/mol. The van der Waals surface area contributed by atoms with E-state index in [0.29, 0.717) is 55.0 Å². The molecule has 2 amide bonds. The molecule has 4 saturated carbocycles. The third-order valence-electron chi connectivity index (χ3n) is 9.80. The van der Waals surface area contributed by atoms with E-state index in [0.717, 1.165) is 35.9 Å². The summed E-state index contributed by atoms with van der Waals surface area (Å²) in [5, 5.41) is 8.96. The molecule has 40 heavy (non-hydrogen) atoms. The van der Waals surface area contributed by atoms with Crippen LogP contribution >= 0.6 is 0 Å². The number of carbonyl (C=O) groups excluding carboxylic acids is 2. The Morgan fingerprint density at radius 2 is 1.70 bits per heavy atom. The largest absolute Gasteiger partial charge is 0.444 e. The standard InChI is InChI=1S/C31H39N5O4/c1-30(2,3)40-29(39)35-9-7-21(8-10-35)24-14-25(37)33-27-26-22(5-4-6-23(26)34-36(24)27)32-28(38)31-15-18-11-19(16-31)13-20(12-18)17-31/h4-6,14,18-21H,7-13,15-17H2,1-3H3,(H,32,38)(H,33,37). The Morgan fingerprint density at radius 1 is 1.05 bits per heavy atom. The zero-order valence-corrected chi connectivity index (χ0v) is 23.7. The minimum atomic E-state index is -0.537. The van der Waals surface area contributed by atoms with E-state index in [2.05, 4.69) is 10.3 Å². The van der Waals surface area contributed by atoms with Crippen LogP contribution in [0, 0.1) is 23.2 Å². The van der Waals surface area contributed by atoms with Gasteiger partial charge in [-0.25, -0.2) is 9.31 Å². The number of benzene rings is 1. The second-order valence-electron chi connectivity index (χ2n) is 13.9. The highest BCUT2D eigenvalue weighted by Gasteiger charge is 2.54. The van der Waals surface area contributed by atoms with Crippen molar-refractivity contribution in [3.05, 3.63) is 40.3 Å². The van der Waals surface area contributed by atoms with Crippen molar-refractivity contribution in [2.24, 2.45) is 23.2 Å². The van der Waals surface area contributed by atoms with Gasteiger partial charge in [-0.05, 0) is 102 Å². The fraction of sp³-hybridized carbons (Fsp3) is 0.613. The number of aromatic nitrogens is 3. The van der Waals surface area contributed by atoms with Gasteiger partial charge in [-0.15, -0.1) is 0 Å². The quantitative estimate of drug-likeness (QED) is 0.455. The van der Waals surface area contributed by atoms with Gasteiger partial charge >= 0.3 is 6.09 Å². The molecule has 212 valence electrons. The van der Waals surface area contributed by atoms with E-state index < -0.39 is 5.60 Å². The molecule has 0 radical (unpaired) electrons. The number of aromatic amines is 1. The summed E-state index contributed by atoms with van der Waals surface area (Å²) in [5.74, 6) is 2.26. The van der Waals surface area contributed by atoms with Gasteiger partial charge in [0, 0.05) is 25.1 Å². The molecule has 2 aromatic heterocycles. The number of carbonyl (C=O) groups is 2. The van der Waals surface area contributed by atoms with Crippen LogP contribution < -0.4 is 10.9 Å². The number of ether oxygens (including phenoxy) is 1. The van der Waals surface area contributed by atoms with E-state index in [1.54, 1.807) is 11.0 Å². The summed E-state index contributed by atoms with van der Waals surface area (Å²) in [6, 6.07) is 7.39. The van der Waals surface area contributed by atoms with Crippen LogP contribution in [0.1, 0.15) is 83.7 Å². The lowest BCUT2D eigenvalue weighted by molar-refractivity contribution is -0.140. The molecule has 1 saturated heterocycles. The maximum Gasteiger partial charge on any atom is 0.410 e. The molecular weight excluding hydrogens is 506 g/mol. The van der Waals surface area contributed by atoms with E-state index in [1.165, 1.54) is 19.3 Å². The maximum atomic E-state index is 13.9. The molecular formula is C31H39N5O4. The van der Waals surface area contributed by atoms with Gasteiger partial charge in [-0.2, -0.15) is 5.10 Å². The SMILES string of the molecule is CC(C)(C)OC(=O)N1CCC(c2cc(=O)[nH]c3c4c(NC(=O)C56CC7CC(CC(C7)C5)C6)cccc4nn23)CC1. The fourth-order valence-electron chi connectivity index (χ4n) is 8.51. The van der Waals surface area contributed by atoms with Gasteiger partial charge in [0.1, 0.15) is 11.2 Å². The molecule has 0 atom stereocenters. The number of nitrogens with one attached hydrogen (secondary N) is 2. The summed E-state index contributed by atoms with van der Waals surface area (Å²) in [5.41, 5.74) is 1.89. The summed E-state index contributed by atoms with van der Waals surface area (Å²) in [7, 11) is 0. The van der Waals surface area contributed by atoms with Crippen molar-refractivity contribution in [1.82, 2.24) is 19.5 Å². The van der Waals surface area contributed by atoms with Crippen LogP contribution in [0.5, 0.6) is 0 Å². The number of piperidine rings is 1. The molecule has 8 rings (SSSR count). The molecule has 9 nitrogen and oxygen atoms in total. The first kappa shape index (κ1) is 25.6. The van der Waals surface area contributed by atoms with Crippen molar-refractivity contribution < 1.29 is 14.3 Å². The van der Waals surface area contributed by atoms with Gasteiger partial charge in [-0.3, -0.25) is 9.59 Å². The second-order valence-corrected chi connectivity index (χ2v) is 13.9. The normalized spacial score (nSPS) is 28.4. The minimum absolute atomic E-state index is 0.0721. The lowest BCUT2D eigenvalue weighted by atomic mass is 9.49. The first-order valence-corrected chi connectivity index (χ1v) is 14.9. The second kappa shape index (κ2) is 9.08. The summed E-state index contributed by atoms with van der Waals surface area (Å²) in [6.45, 7) is 6.72. The fourth-order valence-corrected chi connectivity index (χ4v) is 8.51. The predicted octanol–water partition coefficient (Wildman–Crippen LogP) is 5.45. The third-order valence-corrected chi connectivity index (χ3v) is 9.80. The Bertz CT molecular complexity index is 1520. The first-order valence-electron chi connectivity index (χ1n) is 14.9. The van der Waals surface area contributed by atoms with E-state index in [1.807, 2.05) is 43.5 Å². The number of fused-ring (bicyclic) bond motifs is 3. The molecule has 5 fully saturated rings. The molecule has 5 aliphatic rings. The van der Waals surface area contributed by atoms with Crippen LogP contribution in [0.4, 0.5) is 10.5 Å². The van der Waals surface area contributed by atoms with Crippen LogP contribution in [0.2, 0.25) is 0 Å². The molecule has 0 unspecified atom stereocenters. The van der Waals surface area contributed by atoms with Gasteiger partial charge in [0.15, 0.2) is 0 Å². The van der Waals surface area contributed by atoms with Crippen LogP contribution in [-0.2, 0) is 9.53 Å². The Morgan fingerprint density at radius 3 is 2.33 bits per heavy atom. The average molecular weight is 546 g/mol. The zero-order valence-electron chi connectivity index (χ0n) is 23.7. The number of H-pyrrole nitrogens is 1. The molecule has 4 bridgehead atoms. The molecule has 3 aromatic rings. The predicted molar refractivity (Wildman–Crippen MR) is 152 cm³/mol. The number of nitrogens with zero attached hydrogens (tertiary/aromatic N) is 3. The number of rotatable bonds is 3. The van der Waals surface area contributed by atoms with Crippen molar-refractivity contribution in [2.75, 3.05) is 18.4 Å². The Balaban J connectivity index is 1.18. The first-order chi connectivity index (χ1) is 19.1. The van der Waals surface area contributed by atoms with Gasteiger partial charge < -0.3 is 19.9 Å². The molecule has 2 N–H and O–H groups in total. The molecule has 3 heterocycles. The summed E-state index contributed by atoms with van der Waals surface area (Å²) in [6.07, 6.45) is 7.99. The van der Waals surface area contributed by atoms with Gasteiger partial charge in [-0.1, -0.05) is 6.07 Å². The van der Waals surface area contributed by atoms with E-state index >= 15 is 0 Å². The smallest absolute Gasteiger partial charge is 0.410 e. The van der Waals surface area contributed by atoms with Crippen LogP contribution in [0.3, 0.4) is 0 Å². The molecule has 9 heteroatoms. The molecule has 0 spiro atoms. The van der Waals surface area contributed by atoms with Crippen molar-refractivity contribution in [2.45, 2.75) is 83.7 Å². The Kier molecular flexibility index (Phi) is 5.81. The van der Waals surface area contributed by atoms with Crippen molar-refractivity contribution in [3.63, 3.8) is 0 Å². The molecule has 1 aliphatic heterocycles. The van der Waals surface area contributed by atoms with E-state index in [-0.39, 0.29) is 28.9 Å². The minimum Gasteiger partial charge on any atom is -0.444 e. The number of amides is 2. The van der Waals surface area contributed by atoms with E-state index in [4.69, 9.17) is 9.84 Å². The maximum absolute atomic E-state index is 13.9. The molecule has 4 aliphatic carbocycles. The summed E-state index contributed by atoms with van der Waals surface area (Å²) < 4.78 is 7.38. The number of likely N-dealkylation sites (tertiary alicyclic amines) is 1. The van der Waals surface area contributed by atoms with Gasteiger partial charge in [0.2, 0.25) is 5.91 Å². The van der Waals surface area contributed by atoms with Crippen LogP contribution in [0.15, 0.2) is 29.1 Å². The average Bonchev–Trinajstić information content (AvgIpc) is 3.26. The van der Waals surface area contributed by atoms with Crippen molar-refractivity contribution in [1.29, 1.82) is 0 Å².